The number of aromatic nitrogens is 2. The molecule has 0 bridgehead atoms. The van der Waals surface area contributed by atoms with Gasteiger partial charge in [-0.3, -0.25) is 14.2 Å². The van der Waals surface area contributed by atoms with Crippen molar-refractivity contribution in [1.82, 2.24) is 14.7 Å². The van der Waals surface area contributed by atoms with E-state index in [1.54, 1.807) is 27.1 Å². The molecule has 208 valence electrons. The van der Waals surface area contributed by atoms with Crippen molar-refractivity contribution >= 4 is 23.6 Å². The second-order valence-corrected chi connectivity index (χ2v) is 12.1. The molecule has 3 fully saturated rings. The van der Waals surface area contributed by atoms with Gasteiger partial charge < -0.3 is 24.6 Å². The van der Waals surface area contributed by atoms with Gasteiger partial charge in [-0.15, -0.1) is 0 Å². The third-order valence-electron chi connectivity index (χ3n) is 8.04. The van der Waals surface area contributed by atoms with Crippen molar-refractivity contribution in [3.63, 3.8) is 0 Å². The summed E-state index contributed by atoms with van der Waals surface area (Å²) in [4.78, 5) is 33.9. The molecular formula is C29H36N4O6. The van der Waals surface area contributed by atoms with Crippen molar-refractivity contribution < 1.29 is 28.9 Å². The lowest BCUT2D eigenvalue weighted by Gasteiger charge is -2.57. The van der Waals surface area contributed by atoms with E-state index in [1.807, 2.05) is 16.5 Å². The van der Waals surface area contributed by atoms with Crippen LogP contribution in [0.3, 0.4) is 0 Å². The first-order valence-electron chi connectivity index (χ1n) is 13.9. The van der Waals surface area contributed by atoms with Crippen molar-refractivity contribution in [2.24, 2.45) is 10.4 Å². The van der Waals surface area contributed by atoms with Crippen molar-refractivity contribution in [3.05, 3.63) is 41.2 Å². The highest BCUT2D eigenvalue weighted by Gasteiger charge is 2.54. The van der Waals surface area contributed by atoms with Crippen LogP contribution >= 0.6 is 0 Å². The van der Waals surface area contributed by atoms with Gasteiger partial charge in [-0.25, -0.2) is 9.78 Å². The summed E-state index contributed by atoms with van der Waals surface area (Å²) >= 11 is 0. The summed E-state index contributed by atoms with van der Waals surface area (Å²) in [5.41, 5.74) is 1.87. The molecule has 2 aromatic rings. The SMILES string of the molecule is CCOC(=O)C1=C(OC2CC3(CC(NC(=O)c4ncn5c(C6CC6)c(OCC(C)(C)O)ccc45)C3)C2)CN=C1. The zero-order valence-corrected chi connectivity index (χ0v) is 22.7. The second-order valence-electron chi connectivity index (χ2n) is 12.1. The zero-order chi connectivity index (χ0) is 27.4. The Morgan fingerprint density at radius 3 is 2.67 bits per heavy atom. The molecule has 0 aromatic carbocycles. The van der Waals surface area contributed by atoms with Crippen LogP contribution in [0.1, 0.15) is 81.4 Å². The van der Waals surface area contributed by atoms with E-state index in [0.717, 1.165) is 55.5 Å². The van der Waals surface area contributed by atoms with Gasteiger partial charge in [0.1, 0.15) is 30.0 Å². The van der Waals surface area contributed by atoms with Gasteiger partial charge in [0, 0.05) is 18.2 Å². The Bertz CT molecular complexity index is 1350. The minimum Gasteiger partial charge on any atom is -0.492 e. The smallest absolute Gasteiger partial charge is 0.343 e. The van der Waals surface area contributed by atoms with Gasteiger partial charge in [-0.2, -0.15) is 0 Å². The van der Waals surface area contributed by atoms with E-state index >= 15 is 0 Å². The number of hydrogen-bond acceptors (Lipinski definition) is 8. The molecule has 6 rings (SSSR count). The quantitative estimate of drug-likeness (QED) is 0.447. The number of ether oxygens (including phenoxy) is 3. The number of nitrogens with one attached hydrogen (secondary N) is 1. The minimum absolute atomic E-state index is 0.0635. The number of esters is 1. The van der Waals surface area contributed by atoms with E-state index < -0.39 is 5.60 Å². The third kappa shape index (κ3) is 5.14. The van der Waals surface area contributed by atoms with Gasteiger partial charge in [0.05, 0.1) is 36.1 Å². The molecular weight excluding hydrogens is 500 g/mol. The van der Waals surface area contributed by atoms with Gasteiger partial charge in [0.2, 0.25) is 0 Å². The second kappa shape index (κ2) is 9.66. The molecule has 3 heterocycles. The average molecular weight is 537 g/mol. The van der Waals surface area contributed by atoms with Crippen LogP contribution in [0.2, 0.25) is 0 Å². The maximum Gasteiger partial charge on any atom is 0.343 e. The highest BCUT2D eigenvalue weighted by Crippen LogP contribution is 2.57. The largest absolute Gasteiger partial charge is 0.492 e. The Morgan fingerprint density at radius 1 is 1.21 bits per heavy atom. The number of aliphatic imine (C=N–C) groups is 1. The number of rotatable bonds is 10. The van der Waals surface area contributed by atoms with Gasteiger partial charge in [-0.05, 0) is 76.8 Å². The van der Waals surface area contributed by atoms with E-state index in [-0.39, 0.29) is 36.0 Å². The molecule has 2 N–H and O–H groups in total. The first kappa shape index (κ1) is 25.9. The zero-order valence-electron chi connectivity index (χ0n) is 22.7. The standard InChI is InChI=1S/C29H36N4O6/c1-4-37-27(35)20-13-30-14-23(20)39-19-11-29(12-19)9-18(10-29)32-26(34)24-21-7-8-22(38-15-28(2,3)36)25(17-5-6-17)33(21)16-31-24/h7-8,13,16-19,36H,4-6,9-12,14-15H2,1-3H3,(H,32,34). The maximum absolute atomic E-state index is 13.2. The van der Waals surface area contributed by atoms with Gasteiger partial charge in [-0.1, -0.05) is 0 Å². The fraction of sp³-hybridized carbons (Fsp3) is 0.586. The van der Waals surface area contributed by atoms with Gasteiger partial charge in [0.15, 0.2) is 5.69 Å². The lowest BCUT2D eigenvalue weighted by atomic mass is 9.53. The molecule has 0 radical (unpaired) electrons. The molecule has 1 aliphatic heterocycles. The molecule has 39 heavy (non-hydrogen) atoms. The van der Waals surface area contributed by atoms with Crippen molar-refractivity contribution in [1.29, 1.82) is 0 Å². The van der Waals surface area contributed by atoms with Gasteiger partial charge in [0.25, 0.3) is 5.91 Å². The molecule has 0 saturated heterocycles. The molecule has 10 heteroatoms. The predicted octanol–water partition coefficient (Wildman–Crippen LogP) is 3.32. The molecule has 2 aromatic heterocycles. The Balaban J connectivity index is 1.05. The number of aliphatic hydroxyl groups is 1. The number of carbonyl (C=O) groups excluding carboxylic acids is 2. The number of nitrogens with zero attached hydrogens (tertiary/aromatic N) is 3. The van der Waals surface area contributed by atoms with Crippen LogP contribution < -0.4 is 10.1 Å². The topological polar surface area (TPSA) is 124 Å². The normalized spacial score (nSPS) is 25.9. The fourth-order valence-corrected chi connectivity index (χ4v) is 6.09. The molecule has 3 aliphatic carbocycles. The van der Waals surface area contributed by atoms with Crippen molar-refractivity contribution in [3.8, 4) is 5.75 Å². The van der Waals surface area contributed by atoms with E-state index in [2.05, 4.69) is 15.3 Å². The van der Waals surface area contributed by atoms with E-state index in [0.29, 0.717) is 36.1 Å². The molecule has 3 saturated carbocycles. The Hall–Kier alpha value is -3.40. The molecule has 1 spiro atoms. The fourth-order valence-electron chi connectivity index (χ4n) is 6.09. The van der Waals surface area contributed by atoms with E-state index in [9.17, 15) is 14.7 Å². The lowest BCUT2D eigenvalue weighted by Crippen LogP contribution is -2.58. The minimum atomic E-state index is -0.934. The van der Waals surface area contributed by atoms with E-state index in [1.165, 1.54) is 6.21 Å². The Kier molecular flexibility index (Phi) is 6.40. The summed E-state index contributed by atoms with van der Waals surface area (Å²) in [6.07, 6.45) is 9.08. The lowest BCUT2D eigenvalue weighted by molar-refractivity contribution is -0.138. The summed E-state index contributed by atoms with van der Waals surface area (Å²) in [5.74, 6) is 1.15. The number of amides is 1. The summed E-state index contributed by atoms with van der Waals surface area (Å²) in [5, 5.41) is 13.3. The number of carbonyl (C=O) groups is 2. The Morgan fingerprint density at radius 2 is 1.97 bits per heavy atom. The molecule has 0 atom stereocenters. The summed E-state index contributed by atoms with van der Waals surface area (Å²) in [6, 6.07) is 3.87. The molecule has 4 aliphatic rings. The van der Waals surface area contributed by atoms with Crippen LogP contribution in [0.5, 0.6) is 5.75 Å². The molecule has 0 unspecified atom stereocenters. The first-order chi connectivity index (χ1) is 18.6. The first-order valence-corrected chi connectivity index (χ1v) is 13.9. The maximum atomic E-state index is 13.2. The van der Waals surface area contributed by atoms with Crippen LogP contribution in [-0.2, 0) is 14.3 Å². The average Bonchev–Trinajstić information content (AvgIpc) is 3.40. The summed E-state index contributed by atoms with van der Waals surface area (Å²) < 4.78 is 19.1. The number of fused-ring (bicyclic) bond motifs is 1. The Labute approximate surface area is 227 Å². The molecule has 1 amide bonds. The van der Waals surface area contributed by atoms with Crippen LogP contribution in [-0.4, -0.2) is 70.1 Å². The third-order valence-corrected chi connectivity index (χ3v) is 8.04. The highest BCUT2D eigenvalue weighted by molar-refractivity contribution is 6.11. The van der Waals surface area contributed by atoms with Crippen LogP contribution in [0.15, 0.2) is 34.8 Å². The monoisotopic (exact) mass is 536 g/mol. The predicted molar refractivity (Wildman–Crippen MR) is 143 cm³/mol. The van der Waals surface area contributed by atoms with Gasteiger partial charge >= 0.3 is 5.97 Å². The van der Waals surface area contributed by atoms with Crippen LogP contribution in [0, 0.1) is 5.41 Å². The van der Waals surface area contributed by atoms with Crippen molar-refractivity contribution in [2.75, 3.05) is 19.8 Å². The number of pyridine rings is 1. The highest BCUT2D eigenvalue weighted by atomic mass is 16.5. The number of hydrogen-bond donors (Lipinski definition) is 2. The van der Waals surface area contributed by atoms with E-state index in [4.69, 9.17) is 14.2 Å². The van der Waals surface area contributed by atoms with Crippen LogP contribution in [0.4, 0.5) is 0 Å². The van der Waals surface area contributed by atoms with Crippen LogP contribution in [0.25, 0.3) is 5.52 Å². The van der Waals surface area contributed by atoms with Crippen molar-refractivity contribution in [2.45, 2.75) is 83.0 Å². The molecule has 10 nitrogen and oxygen atoms in total. The summed E-state index contributed by atoms with van der Waals surface area (Å²) in [6.45, 7) is 6.09. The summed E-state index contributed by atoms with van der Waals surface area (Å²) in [7, 11) is 0. The number of imidazole rings is 1.